The Bertz CT molecular complexity index is 793. The Kier molecular flexibility index (Phi) is 5.46. The first-order chi connectivity index (χ1) is 12.6. The van der Waals surface area contributed by atoms with E-state index in [2.05, 4.69) is 10.4 Å². The molecule has 0 atom stereocenters. The van der Waals surface area contributed by atoms with Crippen molar-refractivity contribution in [2.24, 2.45) is 7.05 Å². The quantitative estimate of drug-likeness (QED) is 0.580. The molecule has 1 aromatic heterocycles. The third-order valence-electron chi connectivity index (χ3n) is 4.55. The van der Waals surface area contributed by atoms with E-state index in [-0.39, 0.29) is 17.7 Å². The van der Waals surface area contributed by atoms with Gasteiger partial charge in [0.1, 0.15) is 0 Å². The van der Waals surface area contributed by atoms with Crippen molar-refractivity contribution >= 4 is 17.7 Å². The molecule has 1 aliphatic rings. The lowest BCUT2D eigenvalue weighted by atomic mass is 10.1. The van der Waals surface area contributed by atoms with E-state index < -0.39 is 0 Å². The van der Waals surface area contributed by atoms with Crippen LogP contribution in [0.1, 0.15) is 52.1 Å². The van der Waals surface area contributed by atoms with Gasteiger partial charge in [-0.2, -0.15) is 5.10 Å². The lowest BCUT2D eigenvalue weighted by molar-refractivity contribution is -0.121. The van der Waals surface area contributed by atoms with E-state index in [1.54, 1.807) is 35.1 Å². The summed E-state index contributed by atoms with van der Waals surface area (Å²) in [7, 11) is 1.83. The summed E-state index contributed by atoms with van der Waals surface area (Å²) in [6.07, 6.45) is 4.33. The molecule has 0 saturated heterocycles. The van der Waals surface area contributed by atoms with Gasteiger partial charge in [0.25, 0.3) is 11.8 Å². The van der Waals surface area contributed by atoms with Crippen LogP contribution in [0.5, 0.6) is 0 Å². The Hall–Kier alpha value is -2.96. The summed E-state index contributed by atoms with van der Waals surface area (Å²) in [4.78, 5) is 37.6. The lowest BCUT2D eigenvalue weighted by Gasteiger charge is -2.13. The highest BCUT2D eigenvalue weighted by Gasteiger charge is 2.34. The van der Waals surface area contributed by atoms with E-state index in [0.717, 1.165) is 18.5 Å². The number of aryl methyl sites for hydroxylation is 1. The average molecular weight is 354 g/mol. The maximum Gasteiger partial charge on any atom is 0.261 e. The summed E-state index contributed by atoms with van der Waals surface area (Å²) in [6.45, 7) is 0.855. The molecule has 1 aromatic carbocycles. The van der Waals surface area contributed by atoms with Gasteiger partial charge >= 0.3 is 0 Å². The van der Waals surface area contributed by atoms with Crippen molar-refractivity contribution in [3.05, 3.63) is 53.3 Å². The zero-order chi connectivity index (χ0) is 18.5. The number of nitrogens with zero attached hydrogens (tertiary/aromatic N) is 3. The highest BCUT2D eigenvalue weighted by molar-refractivity contribution is 6.21. The smallest absolute Gasteiger partial charge is 0.261 e. The molecule has 7 nitrogen and oxygen atoms in total. The summed E-state index contributed by atoms with van der Waals surface area (Å²) in [5.41, 5.74) is 1.91. The van der Waals surface area contributed by atoms with Crippen molar-refractivity contribution < 1.29 is 14.4 Å². The zero-order valence-electron chi connectivity index (χ0n) is 14.8. The molecule has 3 rings (SSSR count). The maximum absolute atomic E-state index is 12.2. The van der Waals surface area contributed by atoms with Crippen molar-refractivity contribution in [3.63, 3.8) is 0 Å². The van der Waals surface area contributed by atoms with Gasteiger partial charge in [0.05, 0.1) is 23.4 Å². The van der Waals surface area contributed by atoms with E-state index in [0.29, 0.717) is 37.1 Å². The number of hydrogen-bond acceptors (Lipinski definition) is 4. The molecule has 2 aromatic rings. The molecular weight excluding hydrogens is 332 g/mol. The Balaban J connectivity index is 1.35. The molecule has 3 amide bonds. The first-order valence-corrected chi connectivity index (χ1v) is 8.76. The van der Waals surface area contributed by atoms with Crippen LogP contribution >= 0.6 is 0 Å². The second kappa shape index (κ2) is 7.95. The van der Waals surface area contributed by atoms with Crippen molar-refractivity contribution in [2.45, 2.75) is 32.2 Å². The number of hydrogen-bond donors (Lipinski definition) is 1. The number of aromatic nitrogens is 2. The Labute approximate surface area is 152 Å². The van der Waals surface area contributed by atoms with Gasteiger partial charge in [0.2, 0.25) is 5.91 Å². The number of benzene rings is 1. The Morgan fingerprint density at radius 3 is 2.35 bits per heavy atom. The minimum absolute atomic E-state index is 0.00747. The molecule has 0 saturated carbocycles. The summed E-state index contributed by atoms with van der Waals surface area (Å²) >= 11 is 0. The number of unbranched alkanes of at least 4 members (excludes halogenated alkanes) is 2. The van der Waals surface area contributed by atoms with Gasteiger partial charge in [-0.3, -0.25) is 24.0 Å². The largest absolute Gasteiger partial charge is 0.350 e. The topological polar surface area (TPSA) is 84.3 Å². The summed E-state index contributed by atoms with van der Waals surface area (Å²) < 4.78 is 1.72. The van der Waals surface area contributed by atoms with Crippen molar-refractivity contribution in [3.8, 4) is 0 Å². The molecule has 7 heteroatoms. The Morgan fingerprint density at radius 2 is 1.73 bits per heavy atom. The number of imide groups is 1. The van der Waals surface area contributed by atoms with Gasteiger partial charge in [0, 0.05) is 26.2 Å². The van der Waals surface area contributed by atoms with Crippen LogP contribution in [0.25, 0.3) is 0 Å². The van der Waals surface area contributed by atoms with Crippen LogP contribution in [0, 0.1) is 0 Å². The monoisotopic (exact) mass is 354 g/mol. The highest BCUT2D eigenvalue weighted by atomic mass is 16.2. The SMILES string of the molecule is Cn1nccc1CNC(=O)CCCCCN1C(=O)c2ccccc2C1=O. The van der Waals surface area contributed by atoms with Crippen molar-refractivity contribution in [1.29, 1.82) is 0 Å². The minimum atomic E-state index is -0.223. The Morgan fingerprint density at radius 1 is 1.04 bits per heavy atom. The molecule has 0 spiro atoms. The minimum Gasteiger partial charge on any atom is -0.350 e. The number of amides is 3. The number of carbonyl (C=O) groups is 3. The number of carbonyl (C=O) groups excluding carboxylic acids is 3. The fraction of sp³-hybridized carbons (Fsp3) is 0.368. The zero-order valence-corrected chi connectivity index (χ0v) is 14.8. The molecule has 1 aliphatic heterocycles. The first-order valence-electron chi connectivity index (χ1n) is 8.76. The summed E-state index contributed by atoms with van der Waals surface area (Å²) in [5, 5.41) is 6.92. The van der Waals surface area contributed by atoms with Gasteiger partial charge in [-0.1, -0.05) is 18.6 Å². The maximum atomic E-state index is 12.2. The molecule has 0 fully saturated rings. The number of nitrogens with one attached hydrogen (secondary N) is 1. The normalized spacial score (nSPS) is 13.2. The van der Waals surface area contributed by atoms with E-state index in [1.807, 2.05) is 13.1 Å². The predicted molar refractivity (Wildman–Crippen MR) is 95.3 cm³/mol. The fourth-order valence-corrected chi connectivity index (χ4v) is 3.03. The van der Waals surface area contributed by atoms with Crippen LogP contribution in [0.4, 0.5) is 0 Å². The molecule has 0 unspecified atom stereocenters. The molecule has 1 N–H and O–H groups in total. The third kappa shape index (κ3) is 3.82. The number of rotatable bonds is 8. The van der Waals surface area contributed by atoms with Gasteiger partial charge in [0.15, 0.2) is 0 Å². The lowest BCUT2D eigenvalue weighted by Crippen LogP contribution is -2.30. The van der Waals surface area contributed by atoms with Gasteiger partial charge < -0.3 is 5.32 Å². The van der Waals surface area contributed by atoms with E-state index in [4.69, 9.17) is 0 Å². The molecule has 2 heterocycles. The third-order valence-corrected chi connectivity index (χ3v) is 4.55. The van der Waals surface area contributed by atoms with E-state index in [9.17, 15) is 14.4 Å². The highest BCUT2D eigenvalue weighted by Crippen LogP contribution is 2.22. The first kappa shape index (κ1) is 17.8. The van der Waals surface area contributed by atoms with Crippen LogP contribution in [-0.4, -0.2) is 38.9 Å². The second-order valence-electron chi connectivity index (χ2n) is 6.34. The van der Waals surface area contributed by atoms with Gasteiger partial charge in [-0.05, 0) is 31.0 Å². The number of fused-ring (bicyclic) bond motifs is 1. The molecule has 0 radical (unpaired) electrons. The molecule has 0 bridgehead atoms. The van der Waals surface area contributed by atoms with E-state index >= 15 is 0 Å². The molecule has 136 valence electrons. The van der Waals surface area contributed by atoms with Crippen LogP contribution < -0.4 is 5.32 Å². The van der Waals surface area contributed by atoms with Gasteiger partial charge in [-0.15, -0.1) is 0 Å². The van der Waals surface area contributed by atoms with Gasteiger partial charge in [-0.25, -0.2) is 0 Å². The molecule has 0 aliphatic carbocycles. The fourth-order valence-electron chi connectivity index (χ4n) is 3.03. The standard InChI is InChI=1S/C19H22N4O3/c1-22-14(10-11-21-22)13-20-17(24)9-3-2-6-12-23-18(25)15-7-4-5-8-16(15)19(23)26/h4-5,7-8,10-11H,2-3,6,9,12-13H2,1H3,(H,20,24). The average Bonchev–Trinajstić information content (AvgIpc) is 3.16. The van der Waals surface area contributed by atoms with Crippen LogP contribution in [0.2, 0.25) is 0 Å². The van der Waals surface area contributed by atoms with Crippen LogP contribution in [0.15, 0.2) is 36.5 Å². The summed E-state index contributed by atoms with van der Waals surface area (Å²) in [6, 6.07) is 8.75. The van der Waals surface area contributed by atoms with Crippen LogP contribution in [0.3, 0.4) is 0 Å². The molecular formula is C19H22N4O3. The second-order valence-corrected chi connectivity index (χ2v) is 6.34. The summed E-state index contributed by atoms with van der Waals surface area (Å²) in [5.74, 6) is -0.453. The van der Waals surface area contributed by atoms with Crippen molar-refractivity contribution in [2.75, 3.05) is 6.54 Å². The van der Waals surface area contributed by atoms with Crippen molar-refractivity contribution in [1.82, 2.24) is 20.0 Å². The molecule has 26 heavy (non-hydrogen) atoms. The van der Waals surface area contributed by atoms with E-state index in [1.165, 1.54) is 4.90 Å². The van der Waals surface area contributed by atoms with Crippen LogP contribution in [-0.2, 0) is 18.4 Å². The predicted octanol–water partition coefficient (Wildman–Crippen LogP) is 1.89.